The van der Waals surface area contributed by atoms with Gasteiger partial charge in [0.25, 0.3) is 0 Å². The molecular weight excluding hydrogens is 172 g/mol. The Kier molecular flexibility index (Phi) is 2.87. The highest BCUT2D eigenvalue weighted by atomic mass is 16.5. The largest absolute Gasteiger partial charge is 0.374 e. The van der Waals surface area contributed by atoms with Crippen LogP contribution in [-0.2, 0) is 4.74 Å². The first-order chi connectivity index (χ1) is 6.83. The van der Waals surface area contributed by atoms with E-state index in [9.17, 15) is 0 Å². The van der Waals surface area contributed by atoms with Gasteiger partial charge in [-0.25, -0.2) is 0 Å². The molecule has 1 aromatic carbocycles. The van der Waals surface area contributed by atoms with E-state index in [0.29, 0.717) is 0 Å². The van der Waals surface area contributed by atoms with Crippen molar-refractivity contribution in [2.24, 2.45) is 0 Å². The molecule has 1 saturated carbocycles. The molecular formula is C13H18O. The Balaban J connectivity index is 2.21. The molecule has 1 atom stereocenters. The van der Waals surface area contributed by atoms with Crippen LogP contribution in [0.25, 0.3) is 0 Å². The number of ether oxygens (including phenoxy) is 1. The molecule has 1 fully saturated rings. The van der Waals surface area contributed by atoms with Gasteiger partial charge in [-0.2, -0.15) is 0 Å². The quantitative estimate of drug-likeness (QED) is 0.704. The minimum Gasteiger partial charge on any atom is -0.374 e. The topological polar surface area (TPSA) is 9.23 Å². The number of rotatable bonds is 4. The van der Waals surface area contributed by atoms with E-state index in [1.54, 1.807) is 0 Å². The lowest BCUT2D eigenvalue weighted by atomic mass is 10.00. The summed E-state index contributed by atoms with van der Waals surface area (Å²) in [7, 11) is 0. The van der Waals surface area contributed by atoms with Gasteiger partial charge in [0.1, 0.15) is 0 Å². The van der Waals surface area contributed by atoms with Gasteiger partial charge in [-0.1, -0.05) is 24.3 Å². The Morgan fingerprint density at radius 3 is 2.71 bits per heavy atom. The van der Waals surface area contributed by atoms with Crippen LogP contribution in [0.1, 0.15) is 49.8 Å². The van der Waals surface area contributed by atoms with E-state index in [1.165, 1.54) is 24.0 Å². The van der Waals surface area contributed by atoms with Crippen LogP contribution < -0.4 is 0 Å². The van der Waals surface area contributed by atoms with Crippen LogP contribution in [0.3, 0.4) is 0 Å². The molecule has 1 nitrogen and oxygen atoms in total. The van der Waals surface area contributed by atoms with Gasteiger partial charge >= 0.3 is 0 Å². The first-order valence-corrected chi connectivity index (χ1v) is 5.53. The average Bonchev–Trinajstić information content (AvgIpc) is 3.01. The normalized spacial score (nSPS) is 18.1. The van der Waals surface area contributed by atoms with Gasteiger partial charge < -0.3 is 4.74 Å². The smallest absolute Gasteiger partial charge is 0.0799 e. The fraction of sp³-hybridized carbons (Fsp3) is 0.538. The zero-order chi connectivity index (χ0) is 9.97. The van der Waals surface area contributed by atoms with Crippen molar-refractivity contribution in [2.45, 2.75) is 38.7 Å². The highest BCUT2D eigenvalue weighted by molar-refractivity contribution is 5.34. The van der Waals surface area contributed by atoms with E-state index in [0.717, 1.165) is 12.5 Å². The monoisotopic (exact) mass is 190 g/mol. The van der Waals surface area contributed by atoms with E-state index >= 15 is 0 Å². The fourth-order valence-corrected chi connectivity index (χ4v) is 1.99. The van der Waals surface area contributed by atoms with Crippen LogP contribution >= 0.6 is 0 Å². The van der Waals surface area contributed by atoms with Crippen molar-refractivity contribution in [3.63, 3.8) is 0 Å². The SMILES string of the molecule is CCOC(C)c1ccccc1C1CC1. The van der Waals surface area contributed by atoms with Crippen LogP contribution in [0.15, 0.2) is 24.3 Å². The predicted octanol–water partition coefficient (Wildman–Crippen LogP) is 3.66. The summed E-state index contributed by atoms with van der Waals surface area (Å²) in [5, 5.41) is 0. The third kappa shape index (κ3) is 1.98. The molecule has 0 aromatic heterocycles. The highest BCUT2D eigenvalue weighted by Crippen LogP contribution is 2.43. The van der Waals surface area contributed by atoms with Crippen LogP contribution in [0.5, 0.6) is 0 Å². The lowest BCUT2D eigenvalue weighted by Gasteiger charge is -2.16. The molecule has 1 aliphatic rings. The maximum absolute atomic E-state index is 5.65. The van der Waals surface area contributed by atoms with Crippen LogP contribution in [0.2, 0.25) is 0 Å². The summed E-state index contributed by atoms with van der Waals surface area (Å²) in [6.07, 6.45) is 2.96. The minimum atomic E-state index is 0.247. The first kappa shape index (κ1) is 9.72. The summed E-state index contributed by atoms with van der Waals surface area (Å²) in [5.41, 5.74) is 2.89. The van der Waals surface area contributed by atoms with E-state index in [4.69, 9.17) is 4.74 Å². The molecule has 1 heteroatoms. The summed E-state index contributed by atoms with van der Waals surface area (Å²) < 4.78 is 5.65. The Labute approximate surface area is 86.1 Å². The first-order valence-electron chi connectivity index (χ1n) is 5.53. The van der Waals surface area contributed by atoms with Crippen molar-refractivity contribution in [2.75, 3.05) is 6.61 Å². The fourth-order valence-electron chi connectivity index (χ4n) is 1.99. The lowest BCUT2D eigenvalue weighted by molar-refractivity contribution is 0.0757. The maximum Gasteiger partial charge on any atom is 0.0799 e. The maximum atomic E-state index is 5.65. The Morgan fingerprint density at radius 2 is 2.07 bits per heavy atom. The minimum absolute atomic E-state index is 0.247. The molecule has 14 heavy (non-hydrogen) atoms. The molecule has 0 heterocycles. The van der Waals surface area contributed by atoms with E-state index in [1.807, 2.05) is 0 Å². The van der Waals surface area contributed by atoms with E-state index in [2.05, 4.69) is 38.1 Å². The molecule has 0 bridgehead atoms. The molecule has 0 spiro atoms. The van der Waals surface area contributed by atoms with Crippen molar-refractivity contribution < 1.29 is 4.74 Å². The van der Waals surface area contributed by atoms with Crippen LogP contribution in [0.4, 0.5) is 0 Å². The van der Waals surface area contributed by atoms with Gasteiger partial charge in [0.05, 0.1) is 6.10 Å². The van der Waals surface area contributed by atoms with Crippen molar-refractivity contribution in [3.8, 4) is 0 Å². The van der Waals surface area contributed by atoms with E-state index < -0.39 is 0 Å². The van der Waals surface area contributed by atoms with Gasteiger partial charge in [0.2, 0.25) is 0 Å². The van der Waals surface area contributed by atoms with Crippen LogP contribution in [-0.4, -0.2) is 6.61 Å². The average molecular weight is 190 g/mol. The standard InChI is InChI=1S/C13H18O/c1-3-14-10(2)12-6-4-5-7-13(12)11-8-9-11/h4-7,10-11H,3,8-9H2,1-2H3. The number of hydrogen-bond donors (Lipinski definition) is 0. The van der Waals surface area contributed by atoms with Gasteiger partial charge in [-0.15, -0.1) is 0 Å². The zero-order valence-corrected chi connectivity index (χ0v) is 8.99. The molecule has 1 aliphatic carbocycles. The number of hydrogen-bond acceptors (Lipinski definition) is 1. The Hall–Kier alpha value is -0.820. The molecule has 0 radical (unpaired) electrons. The van der Waals surface area contributed by atoms with Crippen molar-refractivity contribution in [3.05, 3.63) is 35.4 Å². The summed E-state index contributed by atoms with van der Waals surface area (Å²) >= 11 is 0. The Bertz CT molecular complexity index is 302. The van der Waals surface area contributed by atoms with Gasteiger partial charge in [-0.05, 0) is 43.7 Å². The summed E-state index contributed by atoms with van der Waals surface area (Å²) in [5.74, 6) is 0.814. The molecule has 1 unspecified atom stereocenters. The Morgan fingerprint density at radius 1 is 1.36 bits per heavy atom. The lowest BCUT2D eigenvalue weighted by Crippen LogP contribution is -2.02. The summed E-state index contributed by atoms with van der Waals surface area (Å²) in [6.45, 7) is 4.99. The van der Waals surface area contributed by atoms with Gasteiger partial charge in [-0.3, -0.25) is 0 Å². The molecule has 0 amide bonds. The molecule has 76 valence electrons. The van der Waals surface area contributed by atoms with Crippen molar-refractivity contribution in [1.29, 1.82) is 0 Å². The van der Waals surface area contributed by atoms with E-state index in [-0.39, 0.29) is 6.10 Å². The molecule has 0 N–H and O–H groups in total. The zero-order valence-electron chi connectivity index (χ0n) is 8.99. The molecule has 0 saturated heterocycles. The highest BCUT2D eigenvalue weighted by Gasteiger charge is 2.26. The third-order valence-corrected chi connectivity index (χ3v) is 2.87. The second-order valence-corrected chi connectivity index (χ2v) is 4.00. The van der Waals surface area contributed by atoms with Crippen molar-refractivity contribution in [1.82, 2.24) is 0 Å². The molecule has 2 rings (SSSR count). The predicted molar refractivity (Wildman–Crippen MR) is 58.5 cm³/mol. The van der Waals surface area contributed by atoms with Gasteiger partial charge in [0.15, 0.2) is 0 Å². The van der Waals surface area contributed by atoms with Crippen LogP contribution in [0, 0.1) is 0 Å². The van der Waals surface area contributed by atoms with Gasteiger partial charge in [0, 0.05) is 6.61 Å². The number of benzene rings is 1. The second-order valence-electron chi connectivity index (χ2n) is 4.00. The molecule has 0 aliphatic heterocycles. The second kappa shape index (κ2) is 4.14. The molecule has 1 aromatic rings. The van der Waals surface area contributed by atoms with Crippen molar-refractivity contribution >= 4 is 0 Å². The summed E-state index contributed by atoms with van der Waals surface area (Å²) in [6, 6.07) is 8.70. The summed E-state index contributed by atoms with van der Waals surface area (Å²) in [4.78, 5) is 0. The third-order valence-electron chi connectivity index (χ3n) is 2.87.